The molecule has 1 aromatic heterocycles. The fourth-order valence-corrected chi connectivity index (χ4v) is 2.31. The monoisotopic (exact) mass is 303 g/mol. The second-order valence-corrected chi connectivity index (χ2v) is 5.58. The SMILES string of the molecule is COc1ccc(C(OCCCN(C)C)c2nccn2C)cc1. The van der Waals surface area contributed by atoms with Crippen LogP contribution in [0.3, 0.4) is 0 Å². The number of hydrogen-bond acceptors (Lipinski definition) is 4. The van der Waals surface area contributed by atoms with Crippen LogP contribution in [0.1, 0.15) is 23.9 Å². The van der Waals surface area contributed by atoms with Gasteiger partial charge in [-0.3, -0.25) is 0 Å². The Morgan fingerprint density at radius 2 is 1.95 bits per heavy atom. The quantitative estimate of drug-likeness (QED) is 0.702. The lowest BCUT2D eigenvalue weighted by Gasteiger charge is -2.19. The number of hydrogen-bond donors (Lipinski definition) is 0. The zero-order valence-electron chi connectivity index (χ0n) is 13.8. The van der Waals surface area contributed by atoms with Gasteiger partial charge < -0.3 is 18.9 Å². The highest BCUT2D eigenvalue weighted by atomic mass is 16.5. The van der Waals surface area contributed by atoms with Crippen molar-refractivity contribution >= 4 is 0 Å². The van der Waals surface area contributed by atoms with E-state index in [1.54, 1.807) is 13.3 Å². The zero-order valence-corrected chi connectivity index (χ0v) is 13.8. The van der Waals surface area contributed by atoms with E-state index in [2.05, 4.69) is 24.0 Å². The molecule has 0 spiro atoms. The molecule has 5 nitrogen and oxygen atoms in total. The van der Waals surface area contributed by atoms with Crippen molar-refractivity contribution in [2.75, 3.05) is 34.4 Å². The number of imidazole rings is 1. The van der Waals surface area contributed by atoms with Gasteiger partial charge in [0.25, 0.3) is 0 Å². The van der Waals surface area contributed by atoms with Gasteiger partial charge in [0.2, 0.25) is 0 Å². The van der Waals surface area contributed by atoms with Crippen molar-refractivity contribution < 1.29 is 9.47 Å². The Hall–Kier alpha value is -1.85. The minimum Gasteiger partial charge on any atom is -0.497 e. The summed E-state index contributed by atoms with van der Waals surface area (Å²) in [6.45, 7) is 1.71. The van der Waals surface area contributed by atoms with E-state index in [1.807, 2.05) is 42.1 Å². The molecule has 1 aromatic carbocycles. The number of rotatable bonds is 8. The van der Waals surface area contributed by atoms with Crippen LogP contribution in [0.5, 0.6) is 5.75 Å². The highest BCUT2D eigenvalue weighted by Crippen LogP contribution is 2.26. The lowest BCUT2D eigenvalue weighted by atomic mass is 10.1. The predicted octanol–water partition coefficient (Wildman–Crippen LogP) is 2.49. The van der Waals surface area contributed by atoms with E-state index >= 15 is 0 Å². The molecule has 0 radical (unpaired) electrons. The molecule has 1 atom stereocenters. The fraction of sp³-hybridized carbons (Fsp3) is 0.471. The van der Waals surface area contributed by atoms with Crippen molar-refractivity contribution in [3.8, 4) is 5.75 Å². The molecule has 1 heterocycles. The summed E-state index contributed by atoms with van der Waals surface area (Å²) in [5, 5.41) is 0. The van der Waals surface area contributed by atoms with Gasteiger partial charge in [-0.05, 0) is 44.8 Å². The van der Waals surface area contributed by atoms with Crippen LogP contribution in [0.15, 0.2) is 36.7 Å². The predicted molar refractivity (Wildman–Crippen MR) is 87.2 cm³/mol. The molecule has 0 saturated carbocycles. The minimum atomic E-state index is -0.159. The summed E-state index contributed by atoms with van der Waals surface area (Å²) in [5.41, 5.74) is 1.08. The first-order chi connectivity index (χ1) is 10.6. The Labute approximate surface area is 132 Å². The van der Waals surface area contributed by atoms with Crippen LogP contribution in [0.4, 0.5) is 0 Å². The molecule has 0 fully saturated rings. The summed E-state index contributed by atoms with van der Waals surface area (Å²) >= 11 is 0. The molecule has 0 amide bonds. The summed E-state index contributed by atoms with van der Waals surface area (Å²) < 4.78 is 13.3. The molecule has 0 saturated heterocycles. The van der Waals surface area contributed by atoms with E-state index in [0.29, 0.717) is 6.61 Å². The van der Waals surface area contributed by atoms with Crippen LogP contribution < -0.4 is 4.74 Å². The van der Waals surface area contributed by atoms with E-state index in [9.17, 15) is 0 Å². The minimum absolute atomic E-state index is 0.159. The van der Waals surface area contributed by atoms with Crippen LogP contribution in [0, 0.1) is 0 Å². The molecule has 1 unspecified atom stereocenters. The van der Waals surface area contributed by atoms with Gasteiger partial charge in [-0.1, -0.05) is 12.1 Å². The normalized spacial score (nSPS) is 12.6. The second-order valence-electron chi connectivity index (χ2n) is 5.58. The lowest BCUT2D eigenvalue weighted by Crippen LogP contribution is -2.17. The number of aryl methyl sites for hydroxylation is 1. The summed E-state index contributed by atoms with van der Waals surface area (Å²) in [6, 6.07) is 7.97. The van der Waals surface area contributed by atoms with Crippen LogP contribution >= 0.6 is 0 Å². The highest BCUT2D eigenvalue weighted by molar-refractivity contribution is 5.31. The van der Waals surface area contributed by atoms with Crippen molar-refractivity contribution in [1.29, 1.82) is 0 Å². The number of ether oxygens (including phenoxy) is 2. The number of methoxy groups -OCH3 is 1. The zero-order chi connectivity index (χ0) is 15.9. The second kappa shape index (κ2) is 7.96. The topological polar surface area (TPSA) is 39.5 Å². The highest BCUT2D eigenvalue weighted by Gasteiger charge is 2.19. The smallest absolute Gasteiger partial charge is 0.142 e. The molecular formula is C17H25N3O2. The maximum absolute atomic E-state index is 6.13. The molecule has 0 aliphatic heterocycles. The molecule has 120 valence electrons. The van der Waals surface area contributed by atoms with Crippen molar-refractivity contribution in [3.05, 3.63) is 48.0 Å². The molecule has 0 N–H and O–H groups in total. The fourth-order valence-electron chi connectivity index (χ4n) is 2.31. The van der Waals surface area contributed by atoms with Gasteiger partial charge in [0.15, 0.2) is 0 Å². The van der Waals surface area contributed by atoms with Crippen LogP contribution in [-0.2, 0) is 11.8 Å². The van der Waals surface area contributed by atoms with Crippen LogP contribution in [-0.4, -0.2) is 48.8 Å². The van der Waals surface area contributed by atoms with E-state index in [4.69, 9.17) is 9.47 Å². The Bertz CT molecular complexity index is 564. The molecule has 22 heavy (non-hydrogen) atoms. The first-order valence-corrected chi connectivity index (χ1v) is 7.49. The van der Waals surface area contributed by atoms with E-state index in [-0.39, 0.29) is 6.10 Å². The van der Waals surface area contributed by atoms with Gasteiger partial charge in [-0.25, -0.2) is 4.98 Å². The van der Waals surface area contributed by atoms with Gasteiger partial charge in [0.05, 0.1) is 7.11 Å². The molecule has 2 rings (SSSR count). The van der Waals surface area contributed by atoms with E-state index in [1.165, 1.54) is 0 Å². The summed E-state index contributed by atoms with van der Waals surface area (Å²) in [5.74, 6) is 1.75. The van der Waals surface area contributed by atoms with Crippen LogP contribution in [0.2, 0.25) is 0 Å². The average Bonchev–Trinajstić information content (AvgIpc) is 2.93. The molecule has 0 aliphatic carbocycles. The molecule has 5 heteroatoms. The Morgan fingerprint density at radius 3 is 2.50 bits per heavy atom. The summed E-state index contributed by atoms with van der Waals surface area (Å²) in [7, 11) is 7.80. The molecule has 0 bridgehead atoms. The van der Waals surface area contributed by atoms with Gasteiger partial charge in [0.1, 0.15) is 17.7 Å². The number of nitrogens with zero attached hydrogens (tertiary/aromatic N) is 3. The van der Waals surface area contributed by atoms with E-state index < -0.39 is 0 Å². The summed E-state index contributed by atoms with van der Waals surface area (Å²) in [6.07, 6.45) is 4.57. The average molecular weight is 303 g/mol. The van der Waals surface area contributed by atoms with E-state index in [0.717, 1.165) is 30.1 Å². The molecule has 0 aliphatic rings. The van der Waals surface area contributed by atoms with Gasteiger partial charge in [-0.15, -0.1) is 0 Å². The lowest BCUT2D eigenvalue weighted by molar-refractivity contribution is 0.0671. The first kappa shape index (κ1) is 16.5. The van der Waals surface area contributed by atoms with Gasteiger partial charge in [0, 0.05) is 26.0 Å². The van der Waals surface area contributed by atoms with Crippen molar-refractivity contribution in [2.24, 2.45) is 7.05 Å². The van der Waals surface area contributed by atoms with Crippen molar-refractivity contribution in [2.45, 2.75) is 12.5 Å². The number of benzene rings is 1. The number of aromatic nitrogens is 2. The maximum atomic E-state index is 6.13. The molecule has 2 aromatic rings. The largest absolute Gasteiger partial charge is 0.497 e. The Balaban J connectivity index is 2.12. The van der Waals surface area contributed by atoms with Crippen molar-refractivity contribution in [3.63, 3.8) is 0 Å². The Morgan fingerprint density at radius 1 is 1.23 bits per heavy atom. The molecular weight excluding hydrogens is 278 g/mol. The summed E-state index contributed by atoms with van der Waals surface area (Å²) in [4.78, 5) is 6.60. The third-order valence-corrected chi connectivity index (χ3v) is 3.55. The maximum Gasteiger partial charge on any atom is 0.142 e. The van der Waals surface area contributed by atoms with Crippen molar-refractivity contribution in [1.82, 2.24) is 14.5 Å². The third kappa shape index (κ3) is 4.32. The van der Waals surface area contributed by atoms with Gasteiger partial charge >= 0.3 is 0 Å². The first-order valence-electron chi connectivity index (χ1n) is 7.49. The van der Waals surface area contributed by atoms with Gasteiger partial charge in [-0.2, -0.15) is 0 Å². The third-order valence-electron chi connectivity index (χ3n) is 3.55. The Kier molecular flexibility index (Phi) is 5.98. The van der Waals surface area contributed by atoms with Crippen LogP contribution in [0.25, 0.3) is 0 Å². The standard InChI is InChI=1S/C17H25N3O2/c1-19(2)11-5-13-22-16(17-18-10-12-20(17)3)14-6-8-15(21-4)9-7-14/h6-10,12,16H,5,11,13H2,1-4H3.